The van der Waals surface area contributed by atoms with Crippen LogP contribution in [0.1, 0.15) is 25.3 Å². The van der Waals surface area contributed by atoms with Gasteiger partial charge < -0.3 is 13.9 Å². The Bertz CT molecular complexity index is 805. The topological polar surface area (TPSA) is 44.5 Å². The summed E-state index contributed by atoms with van der Waals surface area (Å²) in [7, 11) is 3.23. The molecule has 3 aromatic rings. The summed E-state index contributed by atoms with van der Waals surface area (Å²) in [6.45, 7) is 4.32. The van der Waals surface area contributed by atoms with Crippen LogP contribution < -0.4 is 9.47 Å². The zero-order chi connectivity index (χ0) is 15.7. The quantitative estimate of drug-likeness (QED) is 0.704. The maximum atomic E-state index is 5.88. The lowest BCUT2D eigenvalue weighted by Crippen LogP contribution is -1.93. The summed E-state index contributed by atoms with van der Waals surface area (Å²) in [6, 6.07) is 11.8. The molecular formula is C18H19NO3. The highest BCUT2D eigenvalue weighted by Crippen LogP contribution is 2.38. The van der Waals surface area contributed by atoms with E-state index in [-0.39, 0.29) is 0 Å². The number of hydrogen-bond acceptors (Lipinski definition) is 4. The Morgan fingerprint density at radius 1 is 1.05 bits per heavy atom. The molecule has 0 radical (unpaired) electrons. The van der Waals surface area contributed by atoms with Crippen molar-refractivity contribution in [3.8, 4) is 23.0 Å². The molecule has 0 saturated carbocycles. The van der Waals surface area contributed by atoms with Gasteiger partial charge in [0.2, 0.25) is 5.89 Å². The summed E-state index contributed by atoms with van der Waals surface area (Å²) in [6.07, 6.45) is 0. The van der Waals surface area contributed by atoms with Gasteiger partial charge in [0.05, 0.1) is 19.8 Å². The number of ether oxygens (including phenoxy) is 2. The Balaban J connectivity index is 2.14. The summed E-state index contributed by atoms with van der Waals surface area (Å²) in [4.78, 5) is 4.61. The van der Waals surface area contributed by atoms with Crippen LogP contribution in [-0.2, 0) is 0 Å². The third-order valence-electron chi connectivity index (χ3n) is 3.71. The molecule has 0 unspecified atom stereocenters. The average molecular weight is 297 g/mol. The number of nitrogens with zero attached hydrogens (tertiary/aromatic N) is 1. The molecule has 114 valence electrons. The van der Waals surface area contributed by atoms with E-state index in [1.165, 1.54) is 5.56 Å². The third-order valence-corrected chi connectivity index (χ3v) is 3.71. The van der Waals surface area contributed by atoms with Gasteiger partial charge in [-0.3, -0.25) is 0 Å². The molecule has 2 aromatic carbocycles. The molecule has 1 aromatic heterocycles. The lowest BCUT2D eigenvalue weighted by atomic mass is 10.0. The summed E-state index contributed by atoms with van der Waals surface area (Å²) in [5.41, 5.74) is 3.64. The summed E-state index contributed by atoms with van der Waals surface area (Å²) < 4.78 is 16.7. The summed E-state index contributed by atoms with van der Waals surface area (Å²) in [5, 5.41) is 0. The van der Waals surface area contributed by atoms with E-state index in [4.69, 9.17) is 13.9 Å². The fourth-order valence-corrected chi connectivity index (χ4v) is 2.47. The minimum atomic E-state index is 0.455. The highest BCUT2D eigenvalue weighted by molar-refractivity contribution is 5.79. The first-order valence-corrected chi connectivity index (χ1v) is 7.26. The fraction of sp³-hybridized carbons (Fsp3) is 0.278. The molecule has 0 amide bonds. The molecule has 0 spiro atoms. The Hall–Kier alpha value is -2.49. The minimum Gasteiger partial charge on any atom is -0.493 e. The number of para-hydroxylation sites is 1. The molecule has 0 fully saturated rings. The number of benzene rings is 2. The number of aromatic nitrogens is 1. The summed E-state index contributed by atoms with van der Waals surface area (Å²) >= 11 is 0. The maximum Gasteiger partial charge on any atom is 0.231 e. The van der Waals surface area contributed by atoms with Gasteiger partial charge in [-0.25, -0.2) is 4.98 Å². The van der Waals surface area contributed by atoms with Crippen LogP contribution in [-0.4, -0.2) is 19.2 Å². The van der Waals surface area contributed by atoms with Crippen LogP contribution in [0, 0.1) is 0 Å². The molecule has 0 aliphatic heterocycles. The molecule has 0 atom stereocenters. The average Bonchev–Trinajstić information content (AvgIpc) is 2.96. The van der Waals surface area contributed by atoms with Crippen molar-refractivity contribution in [2.24, 2.45) is 0 Å². The van der Waals surface area contributed by atoms with Crippen LogP contribution in [0.5, 0.6) is 11.5 Å². The largest absolute Gasteiger partial charge is 0.493 e. The van der Waals surface area contributed by atoms with Crippen LogP contribution >= 0.6 is 0 Å². The Morgan fingerprint density at radius 2 is 1.86 bits per heavy atom. The van der Waals surface area contributed by atoms with Gasteiger partial charge in [-0.15, -0.1) is 0 Å². The molecule has 4 heteroatoms. The molecular weight excluding hydrogens is 278 g/mol. The maximum absolute atomic E-state index is 5.88. The van der Waals surface area contributed by atoms with E-state index in [1.807, 2.05) is 24.3 Å². The lowest BCUT2D eigenvalue weighted by Gasteiger charge is -2.09. The van der Waals surface area contributed by atoms with Crippen LogP contribution in [0.3, 0.4) is 0 Å². The highest BCUT2D eigenvalue weighted by Gasteiger charge is 2.17. The first-order valence-electron chi connectivity index (χ1n) is 7.26. The van der Waals surface area contributed by atoms with E-state index in [0.29, 0.717) is 23.3 Å². The van der Waals surface area contributed by atoms with Gasteiger partial charge in [0.25, 0.3) is 0 Å². The second-order valence-electron chi connectivity index (χ2n) is 5.44. The molecule has 0 aliphatic rings. The van der Waals surface area contributed by atoms with E-state index in [2.05, 4.69) is 31.0 Å². The van der Waals surface area contributed by atoms with Gasteiger partial charge in [-0.05, 0) is 35.7 Å². The Morgan fingerprint density at radius 3 is 2.55 bits per heavy atom. The van der Waals surface area contributed by atoms with Gasteiger partial charge in [0.15, 0.2) is 17.1 Å². The van der Waals surface area contributed by atoms with Gasteiger partial charge in [0, 0.05) is 0 Å². The van der Waals surface area contributed by atoms with Crippen molar-refractivity contribution in [1.29, 1.82) is 0 Å². The van der Waals surface area contributed by atoms with Crippen LogP contribution in [0.15, 0.2) is 40.8 Å². The van der Waals surface area contributed by atoms with Crippen molar-refractivity contribution >= 4 is 11.1 Å². The van der Waals surface area contributed by atoms with E-state index < -0.39 is 0 Å². The molecule has 22 heavy (non-hydrogen) atoms. The smallest absolute Gasteiger partial charge is 0.231 e. The molecule has 1 heterocycles. The predicted octanol–water partition coefficient (Wildman–Crippen LogP) is 4.64. The zero-order valence-electron chi connectivity index (χ0n) is 13.2. The third kappa shape index (κ3) is 2.41. The standard InChI is InChI=1S/C18H19NO3/c1-11(2)12-8-9-15-14(10-12)19-18(22-15)13-6-5-7-16(20-3)17(13)21-4/h5-11H,1-4H3. The number of oxazole rings is 1. The predicted molar refractivity (Wildman–Crippen MR) is 86.6 cm³/mol. The molecule has 4 nitrogen and oxygen atoms in total. The van der Waals surface area contributed by atoms with E-state index >= 15 is 0 Å². The van der Waals surface area contributed by atoms with Crippen molar-refractivity contribution in [1.82, 2.24) is 4.98 Å². The first-order chi connectivity index (χ1) is 10.6. The van der Waals surface area contributed by atoms with Gasteiger partial charge in [-0.1, -0.05) is 26.0 Å². The number of methoxy groups -OCH3 is 2. The normalized spacial score (nSPS) is 11.1. The fourth-order valence-electron chi connectivity index (χ4n) is 2.47. The van der Waals surface area contributed by atoms with Crippen molar-refractivity contribution in [2.75, 3.05) is 14.2 Å². The van der Waals surface area contributed by atoms with Gasteiger partial charge in [0.1, 0.15) is 5.52 Å². The SMILES string of the molecule is COc1cccc(-c2nc3cc(C(C)C)ccc3o2)c1OC. The van der Waals surface area contributed by atoms with Gasteiger partial charge >= 0.3 is 0 Å². The number of hydrogen-bond donors (Lipinski definition) is 0. The monoisotopic (exact) mass is 297 g/mol. The van der Waals surface area contributed by atoms with Crippen LogP contribution in [0.4, 0.5) is 0 Å². The van der Waals surface area contributed by atoms with Gasteiger partial charge in [-0.2, -0.15) is 0 Å². The Labute approximate surface area is 129 Å². The lowest BCUT2D eigenvalue weighted by molar-refractivity contribution is 0.355. The highest BCUT2D eigenvalue weighted by atomic mass is 16.5. The van der Waals surface area contributed by atoms with Crippen molar-refractivity contribution in [2.45, 2.75) is 19.8 Å². The molecule has 0 bridgehead atoms. The van der Waals surface area contributed by atoms with Crippen molar-refractivity contribution in [3.05, 3.63) is 42.0 Å². The van der Waals surface area contributed by atoms with Crippen molar-refractivity contribution in [3.63, 3.8) is 0 Å². The zero-order valence-corrected chi connectivity index (χ0v) is 13.2. The van der Waals surface area contributed by atoms with Crippen LogP contribution in [0.2, 0.25) is 0 Å². The molecule has 0 saturated heterocycles. The van der Waals surface area contributed by atoms with E-state index in [1.54, 1.807) is 14.2 Å². The van der Waals surface area contributed by atoms with Crippen LogP contribution in [0.25, 0.3) is 22.6 Å². The number of rotatable bonds is 4. The first kappa shape index (κ1) is 14.4. The van der Waals surface area contributed by atoms with E-state index in [9.17, 15) is 0 Å². The summed E-state index contributed by atoms with van der Waals surface area (Å²) in [5.74, 6) is 2.27. The minimum absolute atomic E-state index is 0.455. The van der Waals surface area contributed by atoms with E-state index in [0.717, 1.165) is 16.7 Å². The second-order valence-corrected chi connectivity index (χ2v) is 5.44. The molecule has 0 N–H and O–H groups in total. The molecule has 0 aliphatic carbocycles. The van der Waals surface area contributed by atoms with Crippen molar-refractivity contribution < 1.29 is 13.9 Å². The molecule has 3 rings (SSSR count). The second kappa shape index (κ2) is 5.72. The Kier molecular flexibility index (Phi) is 3.75. The number of fused-ring (bicyclic) bond motifs is 1.